The molecule has 0 aromatic heterocycles. The van der Waals surface area contributed by atoms with Crippen molar-refractivity contribution in [1.29, 1.82) is 5.26 Å². The Bertz CT molecular complexity index is 2720. The van der Waals surface area contributed by atoms with Crippen molar-refractivity contribution in [2.75, 3.05) is 0 Å². The average molecular weight is 690 g/mol. The standard InChI is InChI=1S/C51H35N3/c1-33(36-12-4-3-5-13-36)30-49(39-26-24-38(25-27-39)37-22-20-35(32-52)21-23-37)54-50(53)40-28-29-48-44(31-40)43-16-8-11-19-47(43)51(48)45-17-9-6-14-41(45)34(2)42-15-7-10-18-46(42)51/h3-29,31H,2H2,1H3,(H2,53,54). The van der Waals surface area contributed by atoms with E-state index in [9.17, 15) is 5.26 Å². The van der Waals surface area contributed by atoms with Crippen molar-refractivity contribution in [2.45, 2.75) is 12.3 Å². The van der Waals surface area contributed by atoms with Crippen molar-refractivity contribution in [1.82, 2.24) is 0 Å². The summed E-state index contributed by atoms with van der Waals surface area (Å²) in [4.78, 5) is 5.11. The summed E-state index contributed by atoms with van der Waals surface area (Å²) in [5.41, 5.74) is 27.9. The van der Waals surface area contributed by atoms with Crippen molar-refractivity contribution in [3.63, 3.8) is 0 Å². The van der Waals surface area contributed by atoms with Gasteiger partial charge in [-0.1, -0.05) is 164 Å². The Morgan fingerprint density at radius 1 is 0.556 bits per heavy atom. The quantitative estimate of drug-likeness (QED) is 0.111. The van der Waals surface area contributed by atoms with E-state index in [0.29, 0.717) is 17.1 Å². The van der Waals surface area contributed by atoms with E-state index in [1.165, 1.54) is 38.9 Å². The van der Waals surface area contributed by atoms with Crippen LogP contribution in [0.3, 0.4) is 0 Å². The first-order valence-corrected chi connectivity index (χ1v) is 18.1. The van der Waals surface area contributed by atoms with Crippen LogP contribution in [0.2, 0.25) is 0 Å². The molecule has 2 aliphatic rings. The Hall–Kier alpha value is -7.24. The molecule has 0 radical (unpaired) electrons. The molecule has 0 atom stereocenters. The monoisotopic (exact) mass is 689 g/mol. The van der Waals surface area contributed by atoms with Crippen molar-refractivity contribution in [3.8, 4) is 28.3 Å². The molecule has 254 valence electrons. The molecule has 2 aliphatic carbocycles. The number of hydrogen-bond acceptors (Lipinski definition) is 2. The molecule has 2 N–H and O–H groups in total. The summed E-state index contributed by atoms with van der Waals surface area (Å²) in [5.74, 6) is 0.411. The molecule has 0 bridgehead atoms. The second-order valence-electron chi connectivity index (χ2n) is 13.9. The van der Waals surface area contributed by atoms with E-state index in [4.69, 9.17) is 10.7 Å². The maximum atomic E-state index is 9.25. The van der Waals surface area contributed by atoms with E-state index >= 15 is 0 Å². The Labute approximate surface area is 316 Å². The Kier molecular flexibility index (Phi) is 7.90. The number of aliphatic imine (C=N–C) groups is 1. The van der Waals surface area contributed by atoms with Crippen molar-refractivity contribution < 1.29 is 0 Å². The fourth-order valence-corrected chi connectivity index (χ4v) is 8.31. The molecule has 7 aromatic rings. The molecule has 0 aliphatic heterocycles. The predicted octanol–water partition coefficient (Wildman–Crippen LogP) is 11.4. The lowest BCUT2D eigenvalue weighted by Crippen LogP contribution is -2.33. The Morgan fingerprint density at radius 2 is 1.06 bits per heavy atom. The third-order valence-corrected chi connectivity index (χ3v) is 10.9. The van der Waals surface area contributed by atoms with E-state index in [1.54, 1.807) is 0 Å². The fourth-order valence-electron chi connectivity index (χ4n) is 8.31. The molecule has 54 heavy (non-hydrogen) atoms. The minimum absolute atomic E-state index is 0.411. The van der Waals surface area contributed by atoms with E-state index in [0.717, 1.165) is 44.5 Å². The summed E-state index contributed by atoms with van der Waals surface area (Å²) in [7, 11) is 0. The van der Waals surface area contributed by atoms with Gasteiger partial charge < -0.3 is 5.73 Å². The van der Waals surface area contributed by atoms with Gasteiger partial charge in [-0.05, 0) is 91.9 Å². The lowest BCUT2D eigenvalue weighted by molar-refractivity contribution is 0.753. The second kappa shape index (κ2) is 13.1. The van der Waals surface area contributed by atoms with Crippen LogP contribution in [-0.2, 0) is 5.41 Å². The van der Waals surface area contributed by atoms with E-state index in [1.807, 2.05) is 49.4 Å². The highest BCUT2D eigenvalue weighted by molar-refractivity contribution is 6.03. The van der Waals surface area contributed by atoms with Crippen LogP contribution >= 0.6 is 0 Å². The highest BCUT2D eigenvalue weighted by Gasteiger charge is 2.50. The van der Waals surface area contributed by atoms with Gasteiger partial charge in [0.05, 0.1) is 17.0 Å². The summed E-state index contributed by atoms with van der Waals surface area (Å²) in [5, 5.41) is 9.25. The summed E-state index contributed by atoms with van der Waals surface area (Å²) >= 11 is 0. The number of hydrogen-bond donors (Lipinski definition) is 1. The molecule has 0 unspecified atom stereocenters. The van der Waals surface area contributed by atoms with Gasteiger partial charge in [-0.3, -0.25) is 0 Å². The summed E-state index contributed by atoms with van der Waals surface area (Å²) in [6.45, 7) is 6.61. The number of nitrogens with two attached hydrogens (primary N) is 1. The smallest absolute Gasteiger partial charge is 0.132 e. The topological polar surface area (TPSA) is 62.2 Å². The lowest BCUT2D eigenvalue weighted by Gasteiger charge is -2.40. The van der Waals surface area contributed by atoms with Crippen LogP contribution in [0.25, 0.3) is 39.1 Å². The van der Waals surface area contributed by atoms with E-state index in [2.05, 4.69) is 146 Å². The first kappa shape index (κ1) is 32.7. The zero-order chi connectivity index (χ0) is 36.8. The third kappa shape index (κ3) is 5.17. The molecule has 3 heteroatoms. The van der Waals surface area contributed by atoms with Gasteiger partial charge >= 0.3 is 0 Å². The van der Waals surface area contributed by atoms with Gasteiger partial charge in [0.25, 0.3) is 0 Å². The number of fused-ring (bicyclic) bond motifs is 9. The Balaban J connectivity index is 1.19. The second-order valence-corrected chi connectivity index (χ2v) is 13.9. The first-order chi connectivity index (χ1) is 26.5. The molecule has 0 heterocycles. The number of allylic oxidation sites excluding steroid dienone is 1. The number of amidine groups is 1. The van der Waals surface area contributed by atoms with Gasteiger partial charge in [-0.2, -0.15) is 5.26 Å². The molecule has 0 fully saturated rings. The number of nitrogens with zero attached hydrogens (tertiary/aromatic N) is 2. The minimum atomic E-state index is -0.498. The molecular weight excluding hydrogens is 655 g/mol. The van der Waals surface area contributed by atoms with E-state index in [-0.39, 0.29) is 0 Å². The fraction of sp³-hybridized carbons (Fsp3) is 0.0392. The van der Waals surface area contributed by atoms with Crippen LogP contribution in [0.1, 0.15) is 62.6 Å². The minimum Gasteiger partial charge on any atom is -0.383 e. The summed E-state index contributed by atoms with van der Waals surface area (Å²) in [6.07, 6.45) is 0. The van der Waals surface area contributed by atoms with Crippen LogP contribution < -0.4 is 5.73 Å². The molecule has 0 saturated carbocycles. The lowest BCUT2D eigenvalue weighted by atomic mass is 9.61. The molecule has 0 amide bonds. The van der Waals surface area contributed by atoms with Crippen LogP contribution in [0, 0.1) is 11.3 Å². The Morgan fingerprint density at radius 3 is 1.67 bits per heavy atom. The van der Waals surface area contributed by atoms with Gasteiger partial charge in [0.2, 0.25) is 0 Å². The predicted molar refractivity (Wildman–Crippen MR) is 222 cm³/mol. The number of nitriles is 1. The van der Waals surface area contributed by atoms with Gasteiger partial charge in [0.1, 0.15) is 11.5 Å². The molecular formula is C51H35N3. The largest absolute Gasteiger partial charge is 0.383 e. The molecule has 3 nitrogen and oxygen atoms in total. The zero-order valence-corrected chi connectivity index (χ0v) is 29.8. The third-order valence-electron chi connectivity index (χ3n) is 10.9. The van der Waals surface area contributed by atoms with Crippen LogP contribution in [-0.4, -0.2) is 5.84 Å². The highest BCUT2D eigenvalue weighted by Crippen LogP contribution is 2.60. The zero-order valence-electron chi connectivity index (χ0n) is 29.8. The van der Waals surface area contributed by atoms with Crippen molar-refractivity contribution in [2.24, 2.45) is 10.7 Å². The maximum Gasteiger partial charge on any atom is 0.132 e. The molecule has 0 saturated heterocycles. The first-order valence-electron chi connectivity index (χ1n) is 18.1. The maximum absolute atomic E-state index is 9.25. The van der Waals surface area contributed by atoms with Gasteiger partial charge in [-0.15, -0.1) is 0 Å². The van der Waals surface area contributed by atoms with Crippen molar-refractivity contribution in [3.05, 3.63) is 238 Å². The van der Waals surface area contributed by atoms with Crippen LogP contribution in [0.15, 0.2) is 187 Å². The van der Waals surface area contributed by atoms with Crippen molar-refractivity contribution >= 4 is 22.7 Å². The summed E-state index contributed by atoms with van der Waals surface area (Å²) < 4.78 is 0. The highest BCUT2D eigenvalue weighted by atomic mass is 14.9. The number of rotatable bonds is 5. The summed E-state index contributed by atoms with van der Waals surface area (Å²) in [6, 6.07) is 61.0. The molecule has 7 aromatic carbocycles. The normalized spacial score (nSPS) is 13.2. The average Bonchev–Trinajstić information content (AvgIpc) is 3.53. The van der Waals surface area contributed by atoms with Crippen LogP contribution in [0.5, 0.6) is 0 Å². The van der Waals surface area contributed by atoms with Gasteiger partial charge in [0.15, 0.2) is 0 Å². The van der Waals surface area contributed by atoms with E-state index < -0.39 is 5.41 Å². The van der Waals surface area contributed by atoms with Gasteiger partial charge in [0, 0.05) is 16.7 Å². The molecule has 9 rings (SSSR count). The van der Waals surface area contributed by atoms with Gasteiger partial charge in [-0.25, -0.2) is 4.99 Å². The number of benzene rings is 7. The van der Waals surface area contributed by atoms with Crippen LogP contribution in [0.4, 0.5) is 0 Å². The molecule has 1 spiro atoms. The SMILES string of the molecule is C=C1c2ccccc2C2(c3ccccc31)c1ccccc1-c1cc(C(N)=NC(=C=C(C)c3ccccc3)c3ccc(-c4ccc(C#N)cc4)cc3)ccc12.